The molecule has 0 fully saturated rings. The number of hydrogen-bond acceptors (Lipinski definition) is 4. The van der Waals surface area contributed by atoms with Crippen molar-refractivity contribution in [1.29, 1.82) is 0 Å². The summed E-state index contributed by atoms with van der Waals surface area (Å²) in [4.78, 5) is 6.93. The monoisotopic (exact) mass is 379 g/mol. The van der Waals surface area contributed by atoms with E-state index in [1.54, 1.807) is 36.5 Å². The molecule has 0 saturated carbocycles. The minimum absolute atomic E-state index is 0.298. The van der Waals surface area contributed by atoms with Crippen molar-refractivity contribution in [3.63, 3.8) is 0 Å². The largest absolute Gasteiger partial charge is 0.349 e. The van der Waals surface area contributed by atoms with E-state index in [0.29, 0.717) is 36.0 Å². The standard InChI is InChI=1S/C21H21N3O2S/c1-17-9-11-18(12-10-17)16-23-14-15-24(20-8-5-13-22-21(20)23)27(25,26)19-6-3-2-4-7-19/h2-13H,14-16H2,1H3. The van der Waals surface area contributed by atoms with Crippen LogP contribution in [0.25, 0.3) is 0 Å². The van der Waals surface area contributed by atoms with Crippen LogP contribution >= 0.6 is 0 Å². The predicted octanol–water partition coefficient (Wildman–Crippen LogP) is 3.61. The fraction of sp³-hybridized carbons (Fsp3) is 0.190. The van der Waals surface area contributed by atoms with Gasteiger partial charge in [-0.15, -0.1) is 0 Å². The van der Waals surface area contributed by atoms with Crippen LogP contribution in [0.5, 0.6) is 0 Å². The summed E-state index contributed by atoms with van der Waals surface area (Å²) in [6.45, 7) is 3.74. The normalized spacial score (nSPS) is 14.1. The minimum Gasteiger partial charge on any atom is -0.349 e. The summed E-state index contributed by atoms with van der Waals surface area (Å²) in [6, 6.07) is 20.5. The van der Waals surface area contributed by atoms with E-state index >= 15 is 0 Å². The summed E-state index contributed by atoms with van der Waals surface area (Å²) >= 11 is 0. The Balaban J connectivity index is 1.68. The number of aryl methyl sites for hydroxylation is 1. The van der Waals surface area contributed by atoms with E-state index in [4.69, 9.17) is 0 Å². The maximum Gasteiger partial charge on any atom is 0.264 e. The molecule has 1 aliphatic heterocycles. The number of fused-ring (bicyclic) bond motifs is 1. The van der Waals surface area contributed by atoms with Gasteiger partial charge in [-0.2, -0.15) is 0 Å². The van der Waals surface area contributed by atoms with Crippen molar-refractivity contribution >= 4 is 21.5 Å². The first-order chi connectivity index (χ1) is 13.1. The molecule has 138 valence electrons. The van der Waals surface area contributed by atoms with E-state index in [1.165, 1.54) is 15.4 Å². The molecule has 27 heavy (non-hydrogen) atoms. The highest BCUT2D eigenvalue weighted by Crippen LogP contribution is 2.35. The Labute approximate surface area is 159 Å². The molecule has 0 saturated heterocycles. The van der Waals surface area contributed by atoms with Crippen molar-refractivity contribution in [3.05, 3.63) is 84.1 Å². The lowest BCUT2D eigenvalue weighted by atomic mass is 10.1. The van der Waals surface area contributed by atoms with Crippen molar-refractivity contribution in [2.75, 3.05) is 22.3 Å². The van der Waals surface area contributed by atoms with Crippen molar-refractivity contribution in [2.45, 2.75) is 18.4 Å². The maximum atomic E-state index is 13.1. The SMILES string of the molecule is Cc1ccc(CN2CCN(S(=O)(=O)c3ccccc3)c3cccnc32)cc1. The molecule has 0 spiro atoms. The first-order valence-corrected chi connectivity index (χ1v) is 10.3. The summed E-state index contributed by atoms with van der Waals surface area (Å²) in [6.07, 6.45) is 1.71. The lowest BCUT2D eigenvalue weighted by Gasteiger charge is -2.37. The van der Waals surface area contributed by atoms with Gasteiger partial charge in [0.1, 0.15) is 0 Å². The average molecular weight is 379 g/mol. The quantitative estimate of drug-likeness (QED) is 0.695. The van der Waals surface area contributed by atoms with Crippen molar-refractivity contribution in [2.24, 2.45) is 0 Å². The maximum absolute atomic E-state index is 13.1. The van der Waals surface area contributed by atoms with Crippen molar-refractivity contribution in [1.82, 2.24) is 4.98 Å². The van der Waals surface area contributed by atoms with Crippen LogP contribution < -0.4 is 9.21 Å². The first-order valence-electron chi connectivity index (χ1n) is 8.89. The number of nitrogens with zero attached hydrogens (tertiary/aromatic N) is 3. The van der Waals surface area contributed by atoms with Gasteiger partial charge in [0.2, 0.25) is 0 Å². The third kappa shape index (κ3) is 3.40. The highest BCUT2D eigenvalue weighted by molar-refractivity contribution is 7.92. The summed E-state index contributed by atoms with van der Waals surface area (Å²) in [7, 11) is -3.61. The van der Waals surface area contributed by atoms with Crippen LogP contribution in [-0.2, 0) is 16.6 Å². The zero-order valence-electron chi connectivity index (χ0n) is 15.1. The van der Waals surface area contributed by atoms with Crippen molar-refractivity contribution in [3.8, 4) is 0 Å². The third-order valence-electron chi connectivity index (χ3n) is 4.73. The zero-order valence-corrected chi connectivity index (χ0v) is 15.9. The van der Waals surface area contributed by atoms with Gasteiger partial charge in [0.05, 0.1) is 17.1 Å². The van der Waals surface area contributed by atoms with Gasteiger partial charge in [-0.25, -0.2) is 13.4 Å². The van der Waals surface area contributed by atoms with E-state index in [-0.39, 0.29) is 0 Å². The Bertz CT molecular complexity index is 1030. The lowest BCUT2D eigenvalue weighted by Crippen LogP contribution is -2.44. The lowest BCUT2D eigenvalue weighted by molar-refractivity contribution is 0.587. The molecular formula is C21H21N3O2S. The molecule has 6 heteroatoms. The summed E-state index contributed by atoms with van der Waals surface area (Å²) in [5.74, 6) is 0.698. The molecule has 4 rings (SSSR count). The molecule has 0 amide bonds. The number of benzene rings is 2. The Morgan fingerprint density at radius 3 is 2.41 bits per heavy atom. The van der Waals surface area contributed by atoms with Crippen LogP contribution in [0.4, 0.5) is 11.5 Å². The van der Waals surface area contributed by atoms with E-state index in [9.17, 15) is 8.42 Å². The topological polar surface area (TPSA) is 53.5 Å². The molecule has 0 atom stereocenters. The minimum atomic E-state index is -3.61. The van der Waals surface area contributed by atoms with Gasteiger partial charge >= 0.3 is 0 Å². The van der Waals surface area contributed by atoms with E-state index < -0.39 is 10.0 Å². The number of aromatic nitrogens is 1. The first kappa shape index (κ1) is 17.5. The van der Waals surface area contributed by atoms with Gasteiger partial charge in [0.15, 0.2) is 5.82 Å². The number of sulfonamides is 1. The second-order valence-electron chi connectivity index (χ2n) is 6.64. The molecule has 0 N–H and O–H groups in total. The second kappa shape index (κ2) is 7.04. The molecule has 3 aromatic rings. The molecule has 0 radical (unpaired) electrons. The summed E-state index contributed by atoms with van der Waals surface area (Å²) < 4.78 is 27.7. The fourth-order valence-electron chi connectivity index (χ4n) is 3.30. The van der Waals surface area contributed by atoms with Crippen LogP contribution in [0.15, 0.2) is 77.8 Å². The van der Waals surface area contributed by atoms with Crippen LogP contribution in [0.1, 0.15) is 11.1 Å². The average Bonchev–Trinajstić information content (AvgIpc) is 2.70. The van der Waals surface area contributed by atoms with Crippen LogP contribution in [0.3, 0.4) is 0 Å². The van der Waals surface area contributed by atoms with Gasteiger partial charge in [-0.05, 0) is 36.8 Å². The third-order valence-corrected chi connectivity index (χ3v) is 6.56. The molecule has 0 unspecified atom stereocenters. The molecule has 1 aromatic heterocycles. The van der Waals surface area contributed by atoms with Crippen LogP contribution in [0.2, 0.25) is 0 Å². The van der Waals surface area contributed by atoms with Gasteiger partial charge in [0, 0.05) is 19.3 Å². The molecule has 5 nitrogen and oxygen atoms in total. The highest BCUT2D eigenvalue weighted by Gasteiger charge is 2.32. The molecule has 2 aromatic carbocycles. The Hall–Kier alpha value is -2.86. The zero-order chi connectivity index (χ0) is 18.9. The van der Waals surface area contributed by atoms with Gasteiger partial charge < -0.3 is 4.90 Å². The smallest absolute Gasteiger partial charge is 0.264 e. The molecule has 0 bridgehead atoms. The number of pyridine rings is 1. The van der Waals surface area contributed by atoms with Gasteiger partial charge in [0.25, 0.3) is 10.0 Å². The number of hydrogen-bond donors (Lipinski definition) is 0. The molecular weight excluding hydrogens is 358 g/mol. The Morgan fingerprint density at radius 2 is 1.67 bits per heavy atom. The van der Waals surface area contributed by atoms with E-state index in [0.717, 1.165) is 0 Å². The summed E-state index contributed by atoms with van der Waals surface area (Å²) in [5, 5.41) is 0. The van der Waals surface area contributed by atoms with Crippen LogP contribution in [0, 0.1) is 6.92 Å². The summed E-state index contributed by atoms with van der Waals surface area (Å²) in [5.41, 5.74) is 3.02. The molecule has 0 aliphatic carbocycles. The van der Waals surface area contributed by atoms with E-state index in [1.807, 2.05) is 12.1 Å². The Morgan fingerprint density at radius 1 is 0.926 bits per heavy atom. The van der Waals surface area contributed by atoms with Gasteiger partial charge in [-0.3, -0.25) is 4.31 Å². The molecule has 2 heterocycles. The Kier molecular flexibility index (Phi) is 4.58. The number of rotatable bonds is 4. The van der Waals surface area contributed by atoms with Crippen molar-refractivity contribution < 1.29 is 8.42 Å². The van der Waals surface area contributed by atoms with E-state index in [2.05, 4.69) is 41.1 Å². The second-order valence-corrected chi connectivity index (χ2v) is 8.51. The van der Waals surface area contributed by atoms with Crippen LogP contribution in [-0.4, -0.2) is 26.5 Å². The van der Waals surface area contributed by atoms with Gasteiger partial charge in [-0.1, -0.05) is 48.0 Å². The predicted molar refractivity (Wildman–Crippen MR) is 107 cm³/mol. The highest BCUT2D eigenvalue weighted by atomic mass is 32.2. The molecule has 1 aliphatic rings. The fourth-order valence-corrected chi connectivity index (χ4v) is 4.78. The number of anilines is 2.